The van der Waals surface area contributed by atoms with Crippen molar-refractivity contribution < 1.29 is 14.4 Å². The lowest BCUT2D eigenvalue weighted by Gasteiger charge is -2.24. The van der Waals surface area contributed by atoms with Crippen molar-refractivity contribution in [3.8, 4) is 0 Å². The number of amidine groups is 1. The van der Waals surface area contributed by atoms with Gasteiger partial charge in [0.15, 0.2) is 5.84 Å². The molecule has 18 heavy (non-hydrogen) atoms. The van der Waals surface area contributed by atoms with Crippen LogP contribution in [-0.2, 0) is 0 Å². The first-order valence-electron chi connectivity index (χ1n) is 5.34. The highest BCUT2D eigenvalue weighted by atomic mass is 19.1. The maximum absolute atomic E-state index is 13.1. The molecular weight excluding hydrogens is 237 g/mol. The van der Waals surface area contributed by atoms with E-state index in [0.29, 0.717) is 11.1 Å². The minimum Gasteiger partial charge on any atom is -0.409 e. The average molecular weight is 253 g/mol. The van der Waals surface area contributed by atoms with Gasteiger partial charge in [0.1, 0.15) is 5.82 Å². The lowest BCUT2D eigenvalue weighted by molar-refractivity contribution is 0.0930. The average Bonchev–Trinajstić information content (AvgIpc) is 2.30. The Bertz CT molecular complexity index is 498. The number of nitrogens with zero attached hydrogens (tertiary/aromatic N) is 1. The van der Waals surface area contributed by atoms with Crippen LogP contribution in [0.1, 0.15) is 29.8 Å². The Morgan fingerprint density at radius 1 is 1.50 bits per heavy atom. The predicted molar refractivity (Wildman–Crippen MR) is 66.1 cm³/mol. The standard InChI is InChI=1S/C12H16FN3O2/c1-7-6-8(4-5-9(7)13)10(17)15-12(2,3)11(14)16-18/h4-6,18H,1-3H3,(H2,14,16)(H,15,17). The molecule has 0 atom stereocenters. The number of nitrogens with one attached hydrogen (secondary N) is 1. The minimum atomic E-state index is -0.992. The molecule has 1 rings (SSSR count). The van der Waals surface area contributed by atoms with E-state index in [0.717, 1.165) is 0 Å². The molecule has 1 aromatic rings. The summed E-state index contributed by atoms with van der Waals surface area (Å²) < 4.78 is 13.1. The van der Waals surface area contributed by atoms with Crippen LogP contribution in [0.15, 0.2) is 23.4 Å². The summed E-state index contributed by atoms with van der Waals surface area (Å²) in [5.74, 6) is -0.911. The molecule has 0 saturated carbocycles. The van der Waals surface area contributed by atoms with Crippen LogP contribution in [0.2, 0.25) is 0 Å². The third-order valence-corrected chi connectivity index (χ3v) is 2.59. The van der Waals surface area contributed by atoms with Crippen LogP contribution >= 0.6 is 0 Å². The normalized spacial score (nSPS) is 12.3. The molecule has 0 saturated heterocycles. The third-order valence-electron chi connectivity index (χ3n) is 2.59. The fourth-order valence-corrected chi connectivity index (χ4v) is 1.33. The second-order valence-corrected chi connectivity index (χ2v) is 4.53. The Morgan fingerprint density at radius 2 is 2.11 bits per heavy atom. The number of carbonyl (C=O) groups excluding carboxylic acids is 1. The molecule has 0 aliphatic heterocycles. The Morgan fingerprint density at radius 3 is 2.61 bits per heavy atom. The number of hydrogen-bond acceptors (Lipinski definition) is 3. The summed E-state index contributed by atoms with van der Waals surface area (Å²) in [6, 6.07) is 4.04. The van der Waals surface area contributed by atoms with Crippen LogP contribution in [-0.4, -0.2) is 22.5 Å². The van der Waals surface area contributed by atoms with Crippen LogP contribution in [0.3, 0.4) is 0 Å². The zero-order valence-electron chi connectivity index (χ0n) is 10.5. The molecule has 5 nitrogen and oxygen atoms in total. The fraction of sp³-hybridized carbons (Fsp3) is 0.333. The first-order chi connectivity index (χ1) is 8.27. The van der Waals surface area contributed by atoms with Crippen LogP contribution in [0.5, 0.6) is 0 Å². The van der Waals surface area contributed by atoms with Gasteiger partial charge in [-0.25, -0.2) is 4.39 Å². The number of amides is 1. The zero-order valence-corrected chi connectivity index (χ0v) is 10.5. The number of benzene rings is 1. The van der Waals surface area contributed by atoms with Crippen LogP contribution in [0.4, 0.5) is 4.39 Å². The Balaban J connectivity index is 2.92. The summed E-state index contributed by atoms with van der Waals surface area (Å²) in [5.41, 5.74) is 5.16. The van der Waals surface area contributed by atoms with E-state index in [2.05, 4.69) is 10.5 Å². The van der Waals surface area contributed by atoms with Gasteiger partial charge in [0, 0.05) is 5.56 Å². The van der Waals surface area contributed by atoms with E-state index in [4.69, 9.17) is 10.9 Å². The first kappa shape index (κ1) is 14.0. The molecule has 6 heteroatoms. The van der Waals surface area contributed by atoms with E-state index in [1.807, 2.05) is 0 Å². The van der Waals surface area contributed by atoms with Gasteiger partial charge in [0.05, 0.1) is 5.54 Å². The molecule has 0 spiro atoms. The number of hydrogen-bond donors (Lipinski definition) is 3. The van der Waals surface area contributed by atoms with Crippen molar-refractivity contribution in [1.82, 2.24) is 5.32 Å². The van der Waals surface area contributed by atoms with Crippen LogP contribution in [0.25, 0.3) is 0 Å². The lowest BCUT2D eigenvalue weighted by Crippen LogP contribution is -2.53. The number of carbonyl (C=O) groups is 1. The first-order valence-corrected chi connectivity index (χ1v) is 5.34. The van der Waals surface area contributed by atoms with Crippen molar-refractivity contribution in [2.45, 2.75) is 26.3 Å². The van der Waals surface area contributed by atoms with Gasteiger partial charge in [-0.1, -0.05) is 5.16 Å². The summed E-state index contributed by atoms with van der Waals surface area (Å²) in [4.78, 5) is 11.9. The highest BCUT2D eigenvalue weighted by molar-refractivity contribution is 5.99. The van der Waals surface area contributed by atoms with E-state index < -0.39 is 11.4 Å². The van der Waals surface area contributed by atoms with Crippen molar-refractivity contribution in [2.24, 2.45) is 10.9 Å². The van der Waals surface area contributed by atoms with Gasteiger partial charge in [-0.05, 0) is 44.5 Å². The van der Waals surface area contributed by atoms with E-state index in [9.17, 15) is 9.18 Å². The van der Waals surface area contributed by atoms with Gasteiger partial charge < -0.3 is 16.3 Å². The molecule has 1 amide bonds. The van der Waals surface area contributed by atoms with Gasteiger partial charge in [0.2, 0.25) is 0 Å². The second kappa shape index (κ2) is 5.03. The SMILES string of the molecule is Cc1cc(C(=O)NC(C)(C)C(N)=NO)ccc1F. The number of aryl methyl sites for hydroxylation is 1. The second-order valence-electron chi connectivity index (χ2n) is 4.53. The third kappa shape index (κ3) is 2.97. The molecule has 0 unspecified atom stereocenters. The summed E-state index contributed by atoms with van der Waals surface area (Å²) in [7, 11) is 0. The quantitative estimate of drug-likeness (QED) is 0.329. The molecule has 4 N–H and O–H groups in total. The molecule has 0 radical (unpaired) electrons. The van der Waals surface area contributed by atoms with Crippen molar-refractivity contribution >= 4 is 11.7 Å². The molecule has 0 aliphatic rings. The smallest absolute Gasteiger partial charge is 0.252 e. The van der Waals surface area contributed by atoms with Crippen molar-refractivity contribution in [2.75, 3.05) is 0 Å². The lowest BCUT2D eigenvalue weighted by atomic mass is 10.0. The van der Waals surface area contributed by atoms with Gasteiger partial charge in [-0.3, -0.25) is 4.79 Å². The molecule has 0 aromatic heterocycles. The summed E-state index contributed by atoms with van der Waals surface area (Å²) in [6.45, 7) is 4.76. The highest BCUT2D eigenvalue weighted by Gasteiger charge is 2.26. The van der Waals surface area contributed by atoms with Gasteiger partial charge in [-0.2, -0.15) is 0 Å². The fourth-order valence-electron chi connectivity index (χ4n) is 1.33. The maximum Gasteiger partial charge on any atom is 0.252 e. The predicted octanol–water partition coefficient (Wildman–Crippen LogP) is 1.39. The van der Waals surface area contributed by atoms with E-state index in [-0.39, 0.29) is 11.7 Å². The van der Waals surface area contributed by atoms with Crippen LogP contribution < -0.4 is 11.1 Å². The monoisotopic (exact) mass is 253 g/mol. The van der Waals surface area contributed by atoms with E-state index >= 15 is 0 Å². The van der Waals surface area contributed by atoms with Crippen molar-refractivity contribution in [3.63, 3.8) is 0 Å². The number of halogens is 1. The molecule has 0 fully saturated rings. The molecule has 0 bridgehead atoms. The van der Waals surface area contributed by atoms with Crippen LogP contribution in [0, 0.1) is 12.7 Å². The number of nitrogens with two attached hydrogens (primary N) is 1. The van der Waals surface area contributed by atoms with E-state index in [1.54, 1.807) is 20.8 Å². The molecule has 1 aromatic carbocycles. The Labute approximate surface area is 104 Å². The number of oxime groups is 1. The Kier molecular flexibility index (Phi) is 3.90. The largest absolute Gasteiger partial charge is 0.409 e. The summed E-state index contributed by atoms with van der Waals surface area (Å²) >= 11 is 0. The minimum absolute atomic E-state index is 0.116. The van der Waals surface area contributed by atoms with Gasteiger partial charge in [0.25, 0.3) is 5.91 Å². The molecule has 98 valence electrons. The summed E-state index contributed by atoms with van der Waals surface area (Å²) in [5, 5.41) is 14.0. The Hall–Kier alpha value is -2.11. The molecular formula is C12H16FN3O2. The molecule has 0 aliphatic carbocycles. The summed E-state index contributed by atoms with van der Waals surface area (Å²) in [6.07, 6.45) is 0. The highest BCUT2D eigenvalue weighted by Crippen LogP contribution is 2.11. The van der Waals surface area contributed by atoms with E-state index in [1.165, 1.54) is 18.2 Å². The van der Waals surface area contributed by atoms with Crippen molar-refractivity contribution in [1.29, 1.82) is 0 Å². The topological polar surface area (TPSA) is 87.7 Å². The maximum atomic E-state index is 13.1. The van der Waals surface area contributed by atoms with Gasteiger partial charge in [-0.15, -0.1) is 0 Å². The van der Waals surface area contributed by atoms with Crippen molar-refractivity contribution in [3.05, 3.63) is 35.1 Å². The molecule has 0 heterocycles. The zero-order chi connectivity index (χ0) is 13.9. The van der Waals surface area contributed by atoms with Gasteiger partial charge >= 0.3 is 0 Å². The number of rotatable bonds is 3.